The van der Waals surface area contributed by atoms with E-state index in [2.05, 4.69) is 10.0 Å². The van der Waals surface area contributed by atoms with Crippen molar-refractivity contribution in [2.24, 2.45) is 5.92 Å². The van der Waals surface area contributed by atoms with Crippen LogP contribution in [0.4, 0.5) is 8.78 Å². The van der Waals surface area contributed by atoms with E-state index in [4.69, 9.17) is 0 Å². The molecule has 102 valence electrons. The maximum Gasteiger partial charge on any atom is 0.243 e. The third-order valence-electron chi connectivity index (χ3n) is 2.36. The lowest BCUT2D eigenvalue weighted by molar-refractivity contribution is 0.511. The Balaban J connectivity index is 2.83. The molecule has 1 aromatic rings. The van der Waals surface area contributed by atoms with Crippen molar-refractivity contribution in [3.63, 3.8) is 0 Å². The first-order valence-electron chi connectivity index (χ1n) is 5.46. The highest BCUT2D eigenvalue weighted by atomic mass is 32.2. The van der Waals surface area contributed by atoms with Crippen LogP contribution >= 0.6 is 0 Å². The number of benzene rings is 1. The van der Waals surface area contributed by atoms with E-state index in [0.717, 1.165) is 12.1 Å². The van der Waals surface area contributed by atoms with Gasteiger partial charge in [0, 0.05) is 6.54 Å². The lowest BCUT2D eigenvalue weighted by atomic mass is 10.2. The van der Waals surface area contributed by atoms with E-state index >= 15 is 0 Å². The van der Waals surface area contributed by atoms with E-state index in [0.29, 0.717) is 12.6 Å². The summed E-state index contributed by atoms with van der Waals surface area (Å²) in [5, 5.41) is 2.90. The lowest BCUT2D eigenvalue weighted by Crippen LogP contribution is -2.32. The van der Waals surface area contributed by atoms with Crippen molar-refractivity contribution < 1.29 is 17.2 Å². The first kappa shape index (κ1) is 15.0. The van der Waals surface area contributed by atoms with Gasteiger partial charge in [-0.05, 0) is 37.7 Å². The molecule has 4 nitrogen and oxygen atoms in total. The van der Waals surface area contributed by atoms with Crippen LogP contribution in [0.15, 0.2) is 23.1 Å². The summed E-state index contributed by atoms with van der Waals surface area (Å²) in [5.74, 6) is -1.72. The summed E-state index contributed by atoms with van der Waals surface area (Å²) in [6, 6.07) is 2.33. The number of nitrogens with one attached hydrogen (secondary N) is 2. The molecule has 1 unspecified atom stereocenters. The number of halogens is 2. The largest absolute Gasteiger partial charge is 0.319 e. The van der Waals surface area contributed by atoms with Crippen LogP contribution < -0.4 is 10.0 Å². The molecule has 0 aliphatic carbocycles. The number of sulfonamides is 1. The molecule has 0 heterocycles. The minimum Gasteiger partial charge on any atom is -0.319 e. The monoisotopic (exact) mass is 278 g/mol. The molecule has 1 atom stereocenters. The first-order chi connectivity index (χ1) is 8.36. The highest BCUT2D eigenvalue weighted by molar-refractivity contribution is 7.89. The topological polar surface area (TPSA) is 58.2 Å². The number of hydrogen-bond donors (Lipinski definition) is 2. The summed E-state index contributed by atoms with van der Waals surface area (Å²) in [5.41, 5.74) is 0. The Kier molecular flexibility index (Phi) is 5.18. The SMILES string of the molecule is CNCC(C)CNS(=O)(=O)c1cc(F)ccc1F. The molecule has 0 saturated carbocycles. The summed E-state index contributed by atoms with van der Waals surface area (Å²) in [7, 11) is -2.27. The summed E-state index contributed by atoms with van der Waals surface area (Å²) >= 11 is 0. The van der Waals surface area contributed by atoms with Crippen LogP contribution in [0.1, 0.15) is 6.92 Å². The van der Waals surface area contributed by atoms with E-state index in [1.807, 2.05) is 6.92 Å². The smallest absolute Gasteiger partial charge is 0.243 e. The van der Waals surface area contributed by atoms with Crippen molar-refractivity contribution in [3.8, 4) is 0 Å². The second kappa shape index (κ2) is 6.21. The minimum atomic E-state index is -4.02. The van der Waals surface area contributed by atoms with Gasteiger partial charge in [0.05, 0.1) is 0 Å². The van der Waals surface area contributed by atoms with Crippen molar-refractivity contribution in [1.82, 2.24) is 10.0 Å². The fourth-order valence-electron chi connectivity index (χ4n) is 1.43. The Morgan fingerprint density at radius 1 is 1.28 bits per heavy atom. The van der Waals surface area contributed by atoms with Gasteiger partial charge in [-0.15, -0.1) is 0 Å². The maximum absolute atomic E-state index is 13.3. The Morgan fingerprint density at radius 3 is 2.56 bits per heavy atom. The molecule has 0 fully saturated rings. The van der Waals surface area contributed by atoms with Crippen molar-refractivity contribution in [2.75, 3.05) is 20.1 Å². The molecule has 0 bridgehead atoms. The lowest BCUT2D eigenvalue weighted by Gasteiger charge is -2.12. The highest BCUT2D eigenvalue weighted by Crippen LogP contribution is 2.15. The molecular weight excluding hydrogens is 262 g/mol. The van der Waals surface area contributed by atoms with Gasteiger partial charge in [-0.3, -0.25) is 0 Å². The Labute approximate surface area is 105 Å². The van der Waals surface area contributed by atoms with Crippen molar-refractivity contribution in [3.05, 3.63) is 29.8 Å². The van der Waals surface area contributed by atoms with Gasteiger partial charge in [0.2, 0.25) is 10.0 Å². The predicted octanol–water partition coefficient (Wildman–Crippen LogP) is 1.10. The average molecular weight is 278 g/mol. The minimum absolute atomic E-state index is 0.0430. The zero-order chi connectivity index (χ0) is 13.8. The zero-order valence-corrected chi connectivity index (χ0v) is 11.0. The predicted molar refractivity (Wildman–Crippen MR) is 64.6 cm³/mol. The van der Waals surface area contributed by atoms with Gasteiger partial charge >= 0.3 is 0 Å². The molecule has 7 heteroatoms. The summed E-state index contributed by atoms with van der Waals surface area (Å²) < 4.78 is 52.1. The van der Waals surface area contributed by atoms with Gasteiger partial charge in [0.25, 0.3) is 0 Å². The second-order valence-electron chi connectivity index (χ2n) is 4.09. The molecule has 1 aromatic carbocycles. The molecule has 0 amide bonds. The number of rotatable bonds is 6. The molecule has 0 spiro atoms. The standard InChI is InChI=1S/C11H16F2N2O2S/c1-8(6-14-2)7-15-18(16,17)11-5-9(12)3-4-10(11)13/h3-5,8,14-15H,6-7H2,1-2H3. The summed E-state index contributed by atoms with van der Waals surface area (Å²) in [6.45, 7) is 2.61. The summed E-state index contributed by atoms with van der Waals surface area (Å²) in [6.07, 6.45) is 0. The summed E-state index contributed by atoms with van der Waals surface area (Å²) in [4.78, 5) is -0.667. The van der Waals surface area contributed by atoms with E-state index in [1.54, 1.807) is 7.05 Å². The quantitative estimate of drug-likeness (QED) is 0.819. The van der Waals surface area contributed by atoms with E-state index < -0.39 is 26.6 Å². The Morgan fingerprint density at radius 2 is 1.94 bits per heavy atom. The maximum atomic E-state index is 13.3. The van der Waals surface area contributed by atoms with Crippen LogP contribution in [0.5, 0.6) is 0 Å². The van der Waals surface area contributed by atoms with Gasteiger partial charge in [0.1, 0.15) is 16.5 Å². The molecular formula is C11H16F2N2O2S. The van der Waals surface area contributed by atoms with Crippen LogP contribution in [0.3, 0.4) is 0 Å². The van der Waals surface area contributed by atoms with Crippen molar-refractivity contribution in [1.29, 1.82) is 0 Å². The molecule has 18 heavy (non-hydrogen) atoms. The molecule has 0 aromatic heterocycles. The zero-order valence-electron chi connectivity index (χ0n) is 10.2. The third-order valence-corrected chi connectivity index (χ3v) is 3.80. The van der Waals surface area contributed by atoms with Gasteiger partial charge < -0.3 is 5.32 Å². The van der Waals surface area contributed by atoms with Crippen LogP contribution in [0.25, 0.3) is 0 Å². The Bertz CT molecular complexity index is 506. The molecule has 1 rings (SSSR count). The average Bonchev–Trinajstić information content (AvgIpc) is 2.30. The van der Waals surface area contributed by atoms with Crippen LogP contribution in [-0.4, -0.2) is 28.6 Å². The first-order valence-corrected chi connectivity index (χ1v) is 6.94. The normalized spacial score (nSPS) is 13.6. The van der Waals surface area contributed by atoms with Crippen LogP contribution in [0.2, 0.25) is 0 Å². The van der Waals surface area contributed by atoms with Gasteiger partial charge in [-0.2, -0.15) is 0 Å². The second-order valence-corrected chi connectivity index (χ2v) is 5.82. The molecule has 2 N–H and O–H groups in total. The van der Waals surface area contributed by atoms with Crippen LogP contribution in [-0.2, 0) is 10.0 Å². The molecule has 0 radical (unpaired) electrons. The highest BCUT2D eigenvalue weighted by Gasteiger charge is 2.20. The fraction of sp³-hybridized carbons (Fsp3) is 0.455. The van der Waals surface area contributed by atoms with E-state index in [9.17, 15) is 17.2 Å². The Hall–Kier alpha value is -1.05. The van der Waals surface area contributed by atoms with Crippen molar-refractivity contribution in [2.45, 2.75) is 11.8 Å². The fourth-order valence-corrected chi connectivity index (χ4v) is 2.69. The van der Waals surface area contributed by atoms with Crippen LogP contribution in [0, 0.1) is 17.6 Å². The molecule has 0 saturated heterocycles. The van der Waals surface area contributed by atoms with Gasteiger partial charge in [-0.1, -0.05) is 6.92 Å². The van der Waals surface area contributed by atoms with E-state index in [-0.39, 0.29) is 12.5 Å². The van der Waals surface area contributed by atoms with E-state index in [1.165, 1.54) is 0 Å². The third kappa shape index (κ3) is 4.01. The molecule has 0 aliphatic heterocycles. The molecule has 0 aliphatic rings. The van der Waals surface area contributed by atoms with Crippen molar-refractivity contribution >= 4 is 10.0 Å². The number of hydrogen-bond acceptors (Lipinski definition) is 3. The van der Waals surface area contributed by atoms with Gasteiger partial charge in [0.15, 0.2) is 0 Å². The van der Waals surface area contributed by atoms with Gasteiger partial charge in [-0.25, -0.2) is 21.9 Å².